The Morgan fingerprint density at radius 3 is 2.52 bits per heavy atom. The van der Waals surface area contributed by atoms with E-state index in [1.807, 2.05) is 24.3 Å². The van der Waals surface area contributed by atoms with Crippen LogP contribution in [0, 0.1) is 0 Å². The van der Waals surface area contributed by atoms with Gasteiger partial charge in [-0.15, -0.1) is 24.8 Å². The molecule has 4 nitrogen and oxygen atoms in total. The molecule has 0 fully saturated rings. The lowest BCUT2D eigenvalue weighted by molar-refractivity contribution is -0.187. The van der Waals surface area contributed by atoms with Crippen molar-refractivity contribution in [3.8, 4) is 0 Å². The van der Waals surface area contributed by atoms with E-state index in [-0.39, 0.29) is 31.2 Å². The van der Waals surface area contributed by atoms with Crippen molar-refractivity contribution in [1.29, 1.82) is 0 Å². The molecular formula is C14H15Cl2F3N2O2. The zero-order chi connectivity index (χ0) is 15.5. The van der Waals surface area contributed by atoms with Gasteiger partial charge in [0, 0.05) is 24.2 Å². The normalized spacial score (nSPS) is 12.0. The summed E-state index contributed by atoms with van der Waals surface area (Å²) in [7, 11) is 0. The van der Waals surface area contributed by atoms with E-state index in [1.54, 1.807) is 12.4 Å². The molecule has 0 radical (unpaired) electrons. The number of nitrogens with zero attached hydrogens (tertiary/aromatic N) is 1. The van der Waals surface area contributed by atoms with E-state index >= 15 is 0 Å². The summed E-state index contributed by atoms with van der Waals surface area (Å²) in [4.78, 5) is 15.5. The molecule has 0 bridgehead atoms. The van der Waals surface area contributed by atoms with E-state index in [1.165, 1.54) is 0 Å². The van der Waals surface area contributed by atoms with Crippen molar-refractivity contribution in [2.75, 3.05) is 6.61 Å². The first-order chi connectivity index (χ1) is 9.87. The summed E-state index contributed by atoms with van der Waals surface area (Å²) in [6.07, 6.45) is -1.30. The molecule has 23 heavy (non-hydrogen) atoms. The summed E-state index contributed by atoms with van der Waals surface area (Å²) >= 11 is 0. The first kappa shape index (κ1) is 21.4. The summed E-state index contributed by atoms with van der Waals surface area (Å²) in [5.41, 5.74) is 6.28. The number of fused-ring (bicyclic) bond motifs is 1. The van der Waals surface area contributed by atoms with Crippen molar-refractivity contribution in [1.82, 2.24) is 4.98 Å². The number of halogens is 5. The number of esters is 1. The predicted octanol–water partition coefficient (Wildman–Crippen LogP) is 3.05. The second-order valence-electron chi connectivity index (χ2n) is 4.55. The van der Waals surface area contributed by atoms with Crippen molar-refractivity contribution < 1.29 is 22.7 Å². The SMILES string of the molecule is Cl.Cl.N[C@@H](Cc1cncc2ccccc12)C(=O)OCC(F)(F)F. The number of alkyl halides is 3. The zero-order valence-corrected chi connectivity index (χ0v) is 13.4. The lowest BCUT2D eigenvalue weighted by Crippen LogP contribution is -2.36. The number of carbonyl (C=O) groups is 1. The van der Waals surface area contributed by atoms with Crippen molar-refractivity contribution in [3.63, 3.8) is 0 Å². The van der Waals surface area contributed by atoms with Gasteiger partial charge in [-0.3, -0.25) is 9.78 Å². The molecule has 1 aromatic carbocycles. The molecule has 9 heteroatoms. The van der Waals surface area contributed by atoms with Crippen LogP contribution in [-0.2, 0) is 16.0 Å². The van der Waals surface area contributed by atoms with Gasteiger partial charge in [0.2, 0.25) is 0 Å². The van der Waals surface area contributed by atoms with Crippen LogP contribution in [0.3, 0.4) is 0 Å². The summed E-state index contributed by atoms with van der Waals surface area (Å²) in [5, 5.41) is 1.72. The van der Waals surface area contributed by atoms with Crippen molar-refractivity contribution in [2.45, 2.75) is 18.6 Å². The minimum absolute atomic E-state index is 0. The fourth-order valence-electron chi connectivity index (χ4n) is 1.92. The van der Waals surface area contributed by atoms with Gasteiger partial charge in [0.25, 0.3) is 0 Å². The predicted molar refractivity (Wildman–Crippen MR) is 84.9 cm³/mol. The van der Waals surface area contributed by atoms with Crippen LogP contribution in [0.2, 0.25) is 0 Å². The minimum atomic E-state index is -4.56. The van der Waals surface area contributed by atoms with E-state index < -0.39 is 24.8 Å². The third kappa shape index (κ3) is 6.21. The van der Waals surface area contributed by atoms with Crippen LogP contribution < -0.4 is 5.73 Å². The average molecular weight is 371 g/mol. The number of carbonyl (C=O) groups excluding carboxylic acids is 1. The molecular weight excluding hydrogens is 356 g/mol. The topological polar surface area (TPSA) is 65.2 Å². The van der Waals surface area contributed by atoms with Gasteiger partial charge in [0.15, 0.2) is 6.61 Å². The molecule has 0 aliphatic heterocycles. The molecule has 0 aliphatic rings. The minimum Gasteiger partial charge on any atom is -0.455 e. The summed E-state index contributed by atoms with van der Waals surface area (Å²) in [6, 6.07) is 6.17. The number of hydrogen-bond acceptors (Lipinski definition) is 4. The molecule has 0 amide bonds. The van der Waals surface area contributed by atoms with E-state index in [0.717, 1.165) is 10.8 Å². The Bertz CT molecular complexity index is 648. The fourth-order valence-corrected chi connectivity index (χ4v) is 1.92. The molecule has 2 aromatic rings. The van der Waals surface area contributed by atoms with Crippen molar-refractivity contribution in [2.24, 2.45) is 5.73 Å². The second-order valence-corrected chi connectivity index (χ2v) is 4.55. The highest BCUT2D eigenvalue weighted by Crippen LogP contribution is 2.19. The number of pyridine rings is 1. The van der Waals surface area contributed by atoms with Crippen LogP contribution in [0.15, 0.2) is 36.7 Å². The average Bonchev–Trinajstić information content (AvgIpc) is 2.44. The standard InChI is InChI=1S/C14H13F3N2O2.2ClH/c15-14(16,17)8-21-13(20)12(18)5-10-7-19-6-9-3-1-2-4-11(9)10;;/h1-4,6-7,12H,5,8,18H2;2*1H/t12-;;/m0../s1. The van der Waals surface area contributed by atoms with Crippen LogP contribution in [0.4, 0.5) is 13.2 Å². The smallest absolute Gasteiger partial charge is 0.422 e. The van der Waals surface area contributed by atoms with Crippen LogP contribution in [0.5, 0.6) is 0 Å². The van der Waals surface area contributed by atoms with Crippen molar-refractivity contribution >= 4 is 41.6 Å². The lowest BCUT2D eigenvalue weighted by atomic mass is 10.0. The molecule has 2 N–H and O–H groups in total. The molecule has 1 heterocycles. The first-order valence-electron chi connectivity index (χ1n) is 6.17. The van der Waals surface area contributed by atoms with Gasteiger partial charge in [-0.25, -0.2) is 0 Å². The van der Waals surface area contributed by atoms with Gasteiger partial charge >= 0.3 is 12.1 Å². The molecule has 0 saturated heterocycles. The first-order valence-corrected chi connectivity index (χ1v) is 6.17. The van der Waals surface area contributed by atoms with Gasteiger partial charge in [-0.1, -0.05) is 24.3 Å². The molecule has 0 aliphatic carbocycles. The van der Waals surface area contributed by atoms with Crippen LogP contribution in [0.25, 0.3) is 10.8 Å². The second kappa shape index (κ2) is 8.90. The highest BCUT2D eigenvalue weighted by molar-refractivity contribution is 5.86. The number of nitrogens with two attached hydrogens (primary N) is 1. The van der Waals surface area contributed by atoms with Gasteiger partial charge in [-0.05, 0) is 10.9 Å². The summed E-state index contributed by atoms with van der Waals surface area (Å²) in [6.45, 7) is -1.63. The Hall–Kier alpha value is -1.57. The quantitative estimate of drug-likeness (QED) is 0.840. The van der Waals surface area contributed by atoms with E-state index in [9.17, 15) is 18.0 Å². The molecule has 1 atom stereocenters. The monoisotopic (exact) mass is 370 g/mol. The Labute approximate surface area is 143 Å². The highest BCUT2D eigenvalue weighted by atomic mass is 35.5. The maximum atomic E-state index is 12.0. The van der Waals surface area contributed by atoms with E-state index in [2.05, 4.69) is 9.72 Å². The Morgan fingerprint density at radius 1 is 1.22 bits per heavy atom. The van der Waals surface area contributed by atoms with Gasteiger partial charge in [-0.2, -0.15) is 13.2 Å². The summed E-state index contributed by atoms with van der Waals surface area (Å²) in [5.74, 6) is -1.08. The largest absolute Gasteiger partial charge is 0.455 e. The van der Waals surface area contributed by atoms with Crippen molar-refractivity contribution in [3.05, 3.63) is 42.2 Å². The summed E-state index contributed by atoms with van der Waals surface area (Å²) < 4.78 is 40.1. The van der Waals surface area contributed by atoms with Crippen LogP contribution >= 0.6 is 24.8 Å². The number of rotatable bonds is 4. The van der Waals surface area contributed by atoms with Crippen LogP contribution in [-0.4, -0.2) is 29.8 Å². The van der Waals surface area contributed by atoms with Crippen LogP contribution in [0.1, 0.15) is 5.56 Å². The zero-order valence-electron chi connectivity index (χ0n) is 11.7. The highest BCUT2D eigenvalue weighted by Gasteiger charge is 2.30. The number of hydrogen-bond donors (Lipinski definition) is 1. The van der Waals surface area contributed by atoms with E-state index in [4.69, 9.17) is 5.73 Å². The molecule has 1 aromatic heterocycles. The van der Waals surface area contributed by atoms with Gasteiger partial charge in [0.05, 0.1) is 0 Å². The maximum Gasteiger partial charge on any atom is 0.422 e. The number of aromatic nitrogens is 1. The molecule has 2 rings (SSSR count). The Kier molecular flexibility index (Phi) is 8.30. The number of benzene rings is 1. The Balaban J connectivity index is 0.00000242. The maximum absolute atomic E-state index is 12.0. The molecule has 0 saturated carbocycles. The fraction of sp³-hybridized carbons (Fsp3) is 0.286. The molecule has 0 unspecified atom stereocenters. The Morgan fingerprint density at radius 2 is 1.87 bits per heavy atom. The van der Waals surface area contributed by atoms with Gasteiger partial charge in [0.1, 0.15) is 6.04 Å². The number of ether oxygens (including phenoxy) is 1. The lowest BCUT2D eigenvalue weighted by Gasteiger charge is -2.13. The van der Waals surface area contributed by atoms with E-state index in [0.29, 0.717) is 5.56 Å². The third-order valence-corrected chi connectivity index (χ3v) is 2.87. The van der Waals surface area contributed by atoms with Gasteiger partial charge < -0.3 is 10.5 Å². The third-order valence-electron chi connectivity index (χ3n) is 2.87. The molecule has 128 valence electrons. The molecule has 0 spiro atoms.